The van der Waals surface area contributed by atoms with Gasteiger partial charge in [0.25, 0.3) is 5.69 Å². The van der Waals surface area contributed by atoms with Crippen molar-refractivity contribution in [1.29, 1.82) is 0 Å². The Morgan fingerprint density at radius 3 is 2.62 bits per heavy atom. The predicted molar refractivity (Wildman–Crippen MR) is 84.8 cm³/mol. The van der Waals surface area contributed by atoms with Gasteiger partial charge in [0.1, 0.15) is 4.90 Å². The van der Waals surface area contributed by atoms with E-state index < -0.39 is 14.8 Å². The van der Waals surface area contributed by atoms with E-state index in [9.17, 15) is 18.5 Å². The van der Waals surface area contributed by atoms with Crippen LogP contribution in [0.2, 0.25) is 0 Å². The molecule has 1 aromatic carbocycles. The maximum absolute atomic E-state index is 11.7. The summed E-state index contributed by atoms with van der Waals surface area (Å²) < 4.78 is 23.4. The molecule has 0 spiro atoms. The normalized spacial score (nSPS) is 22.2. The zero-order valence-corrected chi connectivity index (χ0v) is 13.5. The highest BCUT2D eigenvalue weighted by Crippen LogP contribution is 2.32. The molecule has 0 aromatic heterocycles. The summed E-state index contributed by atoms with van der Waals surface area (Å²) in [5.74, 6) is 0. The molecule has 0 heterocycles. The second-order valence-corrected chi connectivity index (χ2v) is 8.35. The number of thioether (sulfide) groups is 1. The Hall–Kier alpha value is -1.28. The largest absolute Gasteiger partial charge is 0.382 e. The summed E-state index contributed by atoms with van der Waals surface area (Å²) in [5.41, 5.74) is 0.240. The molecule has 0 amide bonds. The van der Waals surface area contributed by atoms with Crippen LogP contribution in [-0.2, 0) is 9.84 Å². The van der Waals surface area contributed by atoms with Crippen molar-refractivity contribution in [1.82, 2.24) is 0 Å². The first-order chi connectivity index (χ1) is 9.81. The van der Waals surface area contributed by atoms with Crippen LogP contribution in [0.15, 0.2) is 23.1 Å². The number of nitrogens with one attached hydrogen (secondary N) is 1. The molecule has 2 unspecified atom stereocenters. The van der Waals surface area contributed by atoms with Gasteiger partial charge in [-0.15, -0.1) is 0 Å². The Morgan fingerprint density at radius 2 is 2.10 bits per heavy atom. The lowest BCUT2D eigenvalue weighted by molar-refractivity contribution is -0.387. The lowest BCUT2D eigenvalue weighted by atomic mass is 10.2. The minimum atomic E-state index is -3.64. The Balaban J connectivity index is 2.24. The van der Waals surface area contributed by atoms with E-state index in [0.29, 0.717) is 10.9 Å². The van der Waals surface area contributed by atoms with Crippen molar-refractivity contribution in [3.8, 4) is 0 Å². The van der Waals surface area contributed by atoms with Gasteiger partial charge in [-0.3, -0.25) is 10.1 Å². The van der Waals surface area contributed by atoms with Gasteiger partial charge in [-0.25, -0.2) is 8.42 Å². The first kappa shape index (κ1) is 16.1. The Labute approximate surface area is 128 Å². The van der Waals surface area contributed by atoms with Crippen molar-refractivity contribution in [2.24, 2.45) is 0 Å². The summed E-state index contributed by atoms with van der Waals surface area (Å²) in [4.78, 5) is 10.0. The van der Waals surface area contributed by atoms with E-state index in [1.54, 1.807) is 6.07 Å². The van der Waals surface area contributed by atoms with E-state index >= 15 is 0 Å². The highest BCUT2D eigenvalue weighted by molar-refractivity contribution is 7.99. The number of hydrogen-bond acceptors (Lipinski definition) is 6. The average molecular weight is 330 g/mol. The van der Waals surface area contributed by atoms with Crippen molar-refractivity contribution in [3.63, 3.8) is 0 Å². The zero-order valence-electron chi connectivity index (χ0n) is 11.9. The summed E-state index contributed by atoms with van der Waals surface area (Å²) in [6, 6.07) is 4.47. The molecule has 1 N–H and O–H groups in total. The standard InChI is InChI=1S/C13H18N2O4S2/c1-20-11-5-3-9(7-11)14-10-4-6-12(15(16)17)13(8-10)21(2,18)19/h4,6,8-9,11,14H,3,5,7H2,1-2H3. The molecule has 0 radical (unpaired) electrons. The van der Waals surface area contributed by atoms with Crippen molar-refractivity contribution < 1.29 is 13.3 Å². The third-order valence-corrected chi connectivity index (χ3v) is 5.87. The van der Waals surface area contributed by atoms with E-state index in [1.165, 1.54) is 12.1 Å². The smallest absolute Gasteiger partial charge is 0.288 e. The molecule has 6 nitrogen and oxygen atoms in total. The van der Waals surface area contributed by atoms with Crippen LogP contribution >= 0.6 is 11.8 Å². The highest BCUT2D eigenvalue weighted by atomic mass is 32.2. The number of nitrogens with zero attached hydrogens (tertiary/aromatic N) is 1. The fourth-order valence-corrected chi connectivity index (χ4v) is 4.23. The maximum Gasteiger partial charge on any atom is 0.288 e. The first-order valence-corrected chi connectivity index (χ1v) is 9.77. The molecule has 21 heavy (non-hydrogen) atoms. The van der Waals surface area contributed by atoms with Crippen LogP contribution in [0.4, 0.5) is 11.4 Å². The van der Waals surface area contributed by atoms with Gasteiger partial charge in [0.05, 0.1) is 4.92 Å². The number of anilines is 1. The quantitative estimate of drug-likeness (QED) is 0.659. The third-order valence-electron chi connectivity index (χ3n) is 3.64. The second kappa shape index (κ2) is 6.23. The molecule has 1 aliphatic carbocycles. The topological polar surface area (TPSA) is 89.3 Å². The molecular weight excluding hydrogens is 312 g/mol. The number of benzene rings is 1. The summed E-state index contributed by atoms with van der Waals surface area (Å²) in [6.07, 6.45) is 6.24. The predicted octanol–water partition coefficient (Wildman–Crippen LogP) is 2.69. The Bertz CT molecular complexity index is 646. The molecule has 2 rings (SSSR count). The van der Waals surface area contributed by atoms with Gasteiger partial charge in [-0.2, -0.15) is 11.8 Å². The van der Waals surface area contributed by atoms with Crippen molar-refractivity contribution in [2.45, 2.75) is 35.4 Å². The van der Waals surface area contributed by atoms with Gasteiger partial charge in [0.2, 0.25) is 0 Å². The SMILES string of the molecule is CSC1CCC(Nc2ccc([N+](=O)[O-])c(S(C)(=O)=O)c2)C1. The fraction of sp³-hybridized carbons (Fsp3) is 0.538. The zero-order chi connectivity index (χ0) is 15.6. The lowest BCUT2D eigenvalue weighted by Gasteiger charge is -2.15. The monoisotopic (exact) mass is 330 g/mol. The molecule has 1 saturated carbocycles. The minimum Gasteiger partial charge on any atom is -0.382 e. The average Bonchev–Trinajstić information content (AvgIpc) is 2.85. The van der Waals surface area contributed by atoms with Crippen LogP contribution in [0.5, 0.6) is 0 Å². The Morgan fingerprint density at radius 1 is 1.38 bits per heavy atom. The number of rotatable bonds is 5. The molecular formula is C13H18N2O4S2. The fourth-order valence-electron chi connectivity index (χ4n) is 2.57. The van der Waals surface area contributed by atoms with Crippen LogP contribution in [0.3, 0.4) is 0 Å². The van der Waals surface area contributed by atoms with Crippen molar-refractivity contribution in [2.75, 3.05) is 17.8 Å². The van der Waals surface area contributed by atoms with Gasteiger partial charge in [-0.1, -0.05) is 0 Å². The van der Waals surface area contributed by atoms with Gasteiger partial charge in [0.15, 0.2) is 9.84 Å². The second-order valence-electron chi connectivity index (χ2n) is 5.22. The van der Waals surface area contributed by atoms with Crippen LogP contribution in [-0.4, -0.2) is 37.1 Å². The van der Waals surface area contributed by atoms with Gasteiger partial charge < -0.3 is 5.32 Å². The number of nitro groups is 1. The summed E-state index contributed by atoms with van der Waals surface area (Å²) in [7, 11) is -3.64. The van der Waals surface area contributed by atoms with Gasteiger partial charge >= 0.3 is 0 Å². The van der Waals surface area contributed by atoms with Gasteiger partial charge in [-0.05, 0) is 37.7 Å². The number of sulfone groups is 1. The summed E-state index contributed by atoms with van der Waals surface area (Å²) in [5, 5.41) is 14.8. The minimum absolute atomic E-state index is 0.239. The molecule has 0 aliphatic heterocycles. The van der Waals surface area contributed by atoms with Crippen LogP contribution in [0.25, 0.3) is 0 Å². The van der Waals surface area contributed by atoms with Crippen molar-refractivity contribution in [3.05, 3.63) is 28.3 Å². The molecule has 0 bridgehead atoms. The number of nitro benzene ring substituents is 1. The highest BCUT2D eigenvalue weighted by Gasteiger charge is 2.26. The molecule has 1 fully saturated rings. The molecule has 0 saturated heterocycles. The van der Waals surface area contributed by atoms with Gasteiger partial charge in [0, 0.05) is 29.3 Å². The van der Waals surface area contributed by atoms with Crippen LogP contribution < -0.4 is 5.32 Å². The maximum atomic E-state index is 11.7. The molecule has 1 aromatic rings. The molecule has 2 atom stereocenters. The first-order valence-electron chi connectivity index (χ1n) is 6.59. The lowest BCUT2D eigenvalue weighted by Crippen LogP contribution is -2.16. The summed E-state index contributed by atoms with van der Waals surface area (Å²) >= 11 is 1.84. The molecule has 1 aliphatic rings. The summed E-state index contributed by atoms with van der Waals surface area (Å²) in [6.45, 7) is 0. The molecule has 116 valence electrons. The van der Waals surface area contributed by atoms with E-state index in [-0.39, 0.29) is 16.6 Å². The van der Waals surface area contributed by atoms with Crippen LogP contribution in [0, 0.1) is 10.1 Å². The Kier molecular flexibility index (Phi) is 4.77. The van der Waals surface area contributed by atoms with E-state index in [0.717, 1.165) is 25.5 Å². The number of hydrogen-bond donors (Lipinski definition) is 1. The third kappa shape index (κ3) is 3.88. The van der Waals surface area contributed by atoms with E-state index in [2.05, 4.69) is 11.6 Å². The van der Waals surface area contributed by atoms with E-state index in [1.807, 2.05) is 11.8 Å². The van der Waals surface area contributed by atoms with E-state index in [4.69, 9.17) is 0 Å². The molecule has 8 heteroatoms. The van der Waals surface area contributed by atoms with Crippen molar-refractivity contribution >= 4 is 33.0 Å². The van der Waals surface area contributed by atoms with Crippen LogP contribution in [0.1, 0.15) is 19.3 Å².